The van der Waals surface area contributed by atoms with Crippen LogP contribution in [0, 0.1) is 0 Å². The molecule has 0 radical (unpaired) electrons. The van der Waals surface area contributed by atoms with E-state index in [1.807, 2.05) is 0 Å². The molecule has 21 heteroatoms. The van der Waals surface area contributed by atoms with Crippen molar-refractivity contribution in [1.82, 2.24) is 0 Å². The normalized spacial score (nSPS) is 17.9. The maximum absolute atomic E-state index is 9.90. The summed E-state index contributed by atoms with van der Waals surface area (Å²) in [6.45, 7) is -0.760. The fraction of sp³-hybridized carbons (Fsp3) is 0.833. The number of carbonyl (C=O) groups is 1. The second kappa shape index (κ2) is 15.4. The zero-order chi connectivity index (χ0) is 21.9. The van der Waals surface area contributed by atoms with Gasteiger partial charge in [-0.1, -0.05) is 0 Å². The Bertz CT molecular complexity index is 554. The number of hydrogen-bond acceptors (Lipinski definition) is 12. The van der Waals surface area contributed by atoms with Gasteiger partial charge in [-0.15, -0.1) is 0 Å². The van der Waals surface area contributed by atoms with Crippen molar-refractivity contribution >= 4 is 32.3 Å². The molecule has 0 aliphatic carbocycles. The third kappa shape index (κ3) is 31.5. The van der Waals surface area contributed by atoms with E-state index in [1.54, 1.807) is 0 Å². The molecule has 0 rings (SSSR count). The maximum atomic E-state index is 9.90. The third-order valence-electron chi connectivity index (χ3n) is 1.63. The summed E-state index contributed by atoms with van der Waals surface area (Å²) in [6, 6.07) is 0. The molecule has 17 nitrogen and oxygen atoms in total. The van der Waals surface area contributed by atoms with Crippen LogP contribution in [0.4, 0.5) is 0 Å². The number of aldehydes is 1. The van der Waals surface area contributed by atoms with Crippen molar-refractivity contribution in [2.75, 3.05) is 6.61 Å². The fourth-order valence-corrected chi connectivity index (χ4v) is 1.83. The molecule has 0 aromatic rings. The van der Waals surface area contributed by atoms with E-state index in [0.717, 1.165) is 0 Å². The second-order valence-electron chi connectivity index (χ2n) is 3.85. The molecule has 0 fully saturated rings. The molecule has 0 aliphatic heterocycles. The third-order valence-corrected chi connectivity index (χ3v) is 3.31. The molecule has 0 spiro atoms. The Labute approximate surface area is 173 Å². The Morgan fingerprint density at radius 1 is 1.00 bits per heavy atom. The first-order chi connectivity index (χ1) is 11.2. The van der Waals surface area contributed by atoms with Crippen LogP contribution >= 0.6 is 15.6 Å². The van der Waals surface area contributed by atoms with Gasteiger partial charge < -0.3 is 49.9 Å². The van der Waals surface area contributed by atoms with Crippen LogP contribution in [0.2, 0.25) is 0 Å². The van der Waals surface area contributed by atoms with Crippen LogP contribution in [0.1, 0.15) is 0 Å². The molecule has 27 heavy (non-hydrogen) atoms. The standard InChI is InChI=1S/C6H12O6.Na.H4O7P2.H2O4S/c7-1-3(9)5(11)6(12)4(10)2-8;;1-8(2,3)7-9(4,5)6;1-5(2,3)4/h1,3-6,8-12H,2H2;;(H2,1,2,3)(H2,4,5,6);(H2,1,2,3,4)/q;+1;;/p-1/t3-,4+,5+,6+;;;/m0.../s1. The summed E-state index contributed by atoms with van der Waals surface area (Å²) in [5, 5.41) is 43.5. The minimum atomic E-state index is -5.30. The molecule has 0 saturated carbocycles. The van der Waals surface area contributed by atoms with Crippen molar-refractivity contribution in [2.24, 2.45) is 0 Å². The van der Waals surface area contributed by atoms with Crippen molar-refractivity contribution < 1.29 is 110 Å². The maximum Gasteiger partial charge on any atom is 1.00 e. The molecule has 0 heterocycles. The van der Waals surface area contributed by atoms with Gasteiger partial charge in [0.1, 0.15) is 24.4 Å². The molecule has 0 saturated heterocycles. The zero-order valence-electron chi connectivity index (χ0n) is 13.2. The van der Waals surface area contributed by atoms with E-state index in [-0.39, 0.29) is 35.8 Å². The summed E-state index contributed by atoms with van der Waals surface area (Å²) in [5.74, 6) is 0. The summed E-state index contributed by atoms with van der Waals surface area (Å²) < 4.78 is 53.5. The molecule has 0 bridgehead atoms. The van der Waals surface area contributed by atoms with Crippen molar-refractivity contribution in [3.63, 3.8) is 0 Å². The van der Waals surface area contributed by atoms with Gasteiger partial charge in [0.15, 0.2) is 6.29 Å². The van der Waals surface area contributed by atoms with Gasteiger partial charge in [0, 0.05) is 0 Å². The summed E-state index contributed by atoms with van der Waals surface area (Å²) in [6.07, 6.45) is -6.84. The molecule has 0 aliphatic rings. The zero-order valence-corrected chi connectivity index (χ0v) is 17.8. The SMILES string of the molecule is O=C[C@H](O)[C@@H](O)[C@H](O)[C@H](O)CO.O=P([O-])(O)OP(=O)(O)O.O=S(=O)(O)O.[Na+]. The van der Waals surface area contributed by atoms with E-state index in [0.29, 0.717) is 0 Å². The van der Waals surface area contributed by atoms with Gasteiger partial charge >= 0.3 is 47.8 Å². The molecule has 5 atom stereocenters. The Morgan fingerprint density at radius 3 is 1.48 bits per heavy atom. The van der Waals surface area contributed by atoms with Crippen molar-refractivity contribution in [3.05, 3.63) is 0 Å². The number of hydrogen-bond donors (Lipinski definition) is 10. The number of aliphatic hydroxyl groups is 5. The van der Waals surface area contributed by atoms with E-state index in [2.05, 4.69) is 4.31 Å². The van der Waals surface area contributed by atoms with E-state index in [1.165, 1.54) is 0 Å². The van der Waals surface area contributed by atoms with Gasteiger partial charge in [-0.05, 0) is 0 Å². The number of aliphatic hydroxyl groups excluding tert-OH is 5. The molecule has 10 N–H and O–H groups in total. The van der Waals surface area contributed by atoms with Crippen molar-refractivity contribution in [1.29, 1.82) is 0 Å². The fourth-order valence-electron chi connectivity index (χ4n) is 0.753. The Hall–Kier alpha value is 0.600. The van der Waals surface area contributed by atoms with Gasteiger partial charge in [-0.2, -0.15) is 8.42 Å². The van der Waals surface area contributed by atoms with Crippen LogP contribution < -0.4 is 34.5 Å². The molecular formula is C6H17NaO17P2S. The topological polar surface area (TPSA) is 320 Å². The van der Waals surface area contributed by atoms with E-state index >= 15 is 0 Å². The van der Waals surface area contributed by atoms with E-state index in [9.17, 15) is 18.8 Å². The number of rotatable bonds is 7. The number of carbonyl (C=O) groups excluding carboxylic acids is 1. The van der Waals surface area contributed by atoms with Crippen LogP contribution in [0.25, 0.3) is 0 Å². The molecule has 0 amide bonds. The Morgan fingerprint density at radius 2 is 1.33 bits per heavy atom. The smallest absolute Gasteiger partial charge is 0.756 e. The monoisotopic (exact) mass is 478 g/mol. The molecule has 160 valence electrons. The largest absolute Gasteiger partial charge is 1.00 e. The van der Waals surface area contributed by atoms with Crippen LogP contribution in [0.15, 0.2) is 0 Å². The Balaban J connectivity index is -0.000000156. The average molecular weight is 478 g/mol. The molecule has 1 unspecified atom stereocenters. The van der Waals surface area contributed by atoms with Gasteiger partial charge in [0.25, 0.3) is 7.82 Å². The minimum Gasteiger partial charge on any atom is -0.756 e. The molecular weight excluding hydrogens is 461 g/mol. The van der Waals surface area contributed by atoms with Gasteiger partial charge in [-0.3, -0.25) is 13.7 Å². The second-order valence-corrected chi connectivity index (χ2v) is 7.31. The van der Waals surface area contributed by atoms with Crippen molar-refractivity contribution in [2.45, 2.75) is 24.4 Å². The van der Waals surface area contributed by atoms with Crippen LogP contribution in [0.5, 0.6) is 0 Å². The summed E-state index contributed by atoms with van der Waals surface area (Å²) in [7, 11) is -15.1. The molecule has 0 aromatic heterocycles. The predicted octanol–water partition coefficient (Wildman–Crippen LogP) is -8.47. The first kappa shape index (κ1) is 35.1. The molecule has 0 aromatic carbocycles. The van der Waals surface area contributed by atoms with Crippen LogP contribution in [-0.4, -0.2) is 95.0 Å². The van der Waals surface area contributed by atoms with Crippen molar-refractivity contribution in [3.8, 4) is 0 Å². The summed E-state index contributed by atoms with van der Waals surface area (Å²) in [4.78, 5) is 42.5. The quantitative estimate of drug-likeness (QED) is 0.0702. The van der Waals surface area contributed by atoms with Crippen LogP contribution in [-0.2, 0) is 28.6 Å². The van der Waals surface area contributed by atoms with Gasteiger partial charge in [0.05, 0.1) is 6.61 Å². The minimum absolute atomic E-state index is 0. The summed E-state index contributed by atoms with van der Waals surface area (Å²) >= 11 is 0. The van der Waals surface area contributed by atoms with E-state index < -0.39 is 57.1 Å². The summed E-state index contributed by atoms with van der Waals surface area (Å²) in [5.41, 5.74) is 0. The Kier molecular flexibility index (Phi) is 20.1. The predicted molar refractivity (Wildman–Crippen MR) is 74.3 cm³/mol. The van der Waals surface area contributed by atoms with Gasteiger partial charge in [-0.25, -0.2) is 8.88 Å². The van der Waals surface area contributed by atoms with Crippen LogP contribution in [0.3, 0.4) is 0 Å². The van der Waals surface area contributed by atoms with Gasteiger partial charge in [0.2, 0.25) is 0 Å². The van der Waals surface area contributed by atoms with E-state index in [4.69, 9.17) is 57.7 Å². The number of phosphoric acid groups is 2. The average Bonchev–Trinajstić information content (AvgIpc) is 2.38. The first-order valence-corrected chi connectivity index (χ1v) is 9.96. The first-order valence-electron chi connectivity index (χ1n) is 5.54.